The number of epoxide rings is 1. The Balaban J connectivity index is 1.41. The number of hydrogen-bond acceptors (Lipinski definition) is 11. The predicted octanol–water partition coefficient (Wildman–Crippen LogP) is 5.01. The normalized spacial score (nSPS) is 24.9. The smallest absolute Gasteiger partial charge is 0.347 e. The number of ether oxygens (including phenoxy) is 4. The van der Waals surface area contributed by atoms with E-state index in [0.29, 0.717) is 35.0 Å². The number of amides is 2. The van der Waals surface area contributed by atoms with Gasteiger partial charge in [0.15, 0.2) is 6.10 Å². The van der Waals surface area contributed by atoms with Gasteiger partial charge in [0, 0.05) is 31.8 Å². The molecule has 3 heterocycles. The van der Waals surface area contributed by atoms with Gasteiger partial charge in [-0.2, -0.15) is 0 Å². The number of aromatic nitrogens is 3. The zero-order valence-corrected chi connectivity index (χ0v) is 34.1. The van der Waals surface area contributed by atoms with Crippen LogP contribution in [-0.2, 0) is 52.0 Å². The molecule has 0 spiro atoms. The van der Waals surface area contributed by atoms with Crippen LogP contribution < -0.4 is 15.4 Å². The quantitative estimate of drug-likeness (QED) is 0.156. The number of benzene rings is 2. The lowest BCUT2D eigenvalue weighted by Gasteiger charge is -2.27. The fourth-order valence-corrected chi connectivity index (χ4v) is 7.03. The number of nitrogens with one attached hydrogen (secondary N) is 2. The monoisotopic (exact) mass is 807 g/mol. The molecule has 2 amide bonds. The van der Waals surface area contributed by atoms with Gasteiger partial charge in [-0.15, -0.1) is 5.10 Å². The third-order valence-corrected chi connectivity index (χ3v) is 10.4. The molecule has 5 rings (SSSR count). The topological polar surface area (TPSA) is 183 Å². The van der Waals surface area contributed by atoms with Gasteiger partial charge in [0.2, 0.25) is 11.8 Å². The number of cyclic esters (lactones) is 2. The highest BCUT2D eigenvalue weighted by molar-refractivity contribution is 6.32. The summed E-state index contributed by atoms with van der Waals surface area (Å²) in [5.74, 6) is -3.17. The van der Waals surface area contributed by atoms with E-state index >= 15 is 0 Å². The van der Waals surface area contributed by atoms with Crippen LogP contribution in [0.15, 0.2) is 66.9 Å². The van der Waals surface area contributed by atoms with Gasteiger partial charge >= 0.3 is 11.9 Å². The van der Waals surface area contributed by atoms with E-state index in [1.165, 1.54) is 13.2 Å². The Bertz CT molecular complexity index is 1880. The molecule has 2 aliphatic heterocycles. The maximum atomic E-state index is 14.0. The molecular formula is C42H54ClN5O9. The SMILES string of the molecule is COc1ccc(C[C@H]2NC(=O)/C=C/C[C@@H]([C@H](C)[C@H]3O[C@@H]3c3ccccc3)OC(=O)[C@H](CC(C)C)OC(=O)[C@H](CCCn3cc(C(C)(C)O)nn3)CNC2=O)cc1Cl. The first-order valence-electron chi connectivity index (χ1n) is 19.4. The molecule has 2 aliphatic rings. The average molecular weight is 808 g/mol. The first-order chi connectivity index (χ1) is 27.1. The van der Waals surface area contributed by atoms with Crippen LogP contribution in [0.1, 0.15) is 83.2 Å². The molecule has 0 aliphatic carbocycles. The second kappa shape index (κ2) is 19.6. The second-order valence-corrected chi connectivity index (χ2v) is 16.1. The largest absolute Gasteiger partial charge is 0.495 e. The van der Waals surface area contributed by atoms with E-state index in [9.17, 15) is 24.3 Å². The van der Waals surface area contributed by atoms with Crippen molar-refractivity contribution < 1.29 is 43.2 Å². The van der Waals surface area contributed by atoms with Crippen LogP contribution in [0.2, 0.25) is 5.02 Å². The molecule has 2 aromatic carbocycles. The van der Waals surface area contributed by atoms with Crippen molar-refractivity contribution in [2.24, 2.45) is 17.8 Å². The first kappa shape index (κ1) is 43.3. The molecule has 0 radical (unpaired) electrons. The van der Waals surface area contributed by atoms with E-state index in [2.05, 4.69) is 20.9 Å². The Hall–Kier alpha value is -4.79. The number of aryl methyl sites for hydroxylation is 1. The summed E-state index contributed by atoms with van der Waals surface area (Å²) in [5, 5.41) is 24.4. The fourth-order valence-electron chi connectivity index (χ4n) is 6.75. The van der Waals surface area contributed by atoms with Crippen molar-refractivity contribution in [1.82, 2.24) is 25.6 Å². The summed E-state index contributed by atoms with van der Waals surface area (Å²) in [6, 6.07) is 13.8. The van der Waals surface area contributed by atoms with E-state index in [1.807, 2.05) is 51.1 Å². The van der Waals surface area contributed by atoms with Crippen LogP contribution >= 0.6 is 11.6 Å². The van der Waals surface area contributed by atoms with Crippen LogP contribution in [0.3, 0.4) is 0 Å². The summed E-state index contributed by atoms with van der Waals surface area (Å²) < 4.78 is 25.0. The molecule has 15 heteroatoms. The Morgan fingerprint density at radius 1 is 1.05 bits per heavy atom. The number of halogens is 1. The number of methoxy groups -OCH3 is 1. The van der Waals surface area contributed by atoms with E-state index in [-0.39, 0.29) is 56.3 Å². The van der Waals surface area contributed by atoms with Gasteiger partial charge in [-0.3, -0.25) is 19.1 Å². The first-order valence-corrected chi connectivity index (χ1v) is 19.8. The van der Waals surface area contributed by atoms with Crippen LogP contribution in [0.4, 0.5) is 0 Å². The molecule has 0 unspecified atom stereocenters. The molecule has 308 valence electrons. The highest BCUT2D eigenvalue weighted by atomic mass is 35.5. The lowest BCUT2D eigenvalue weighted by molar-refractivity contribution is -0.176. The number of esters is 2. The molecule has 1 aromatic heterocycles. The van der Waals surface area contributed by atoms with Crippen molar-refractivity contribution in [2.45, 2.75) is 109 Å². The Morgan fingerprint density at radius 3 is 2.47 bits per heavy atom. The minimum absolute atomic E-state index is 0.0303. The standard InChI is InChI=1S/C42H54ClN5O9/c1-25(2)20-34-41(52)55-32(26(3)37-38(57-37)28-12-8-7-9-13-28)15-10-16-36(49)45-31(22-27-17-18-33(54-6)30(43)21-27)39(50)44-23-29(40(51)56-34)14-11-19-48-24-35(46-47-48)42(4,5)53/h7-10,12-13,16-18,21,24-26,29,31-32,34,37-38,53H,11,14-15,19-20,22-23H2,1-6H3,(H,44,50)(H,45,49)/b16-10+/t26-,29+,31+,32-,34-,37+,38+/m0/s1. The maximum Gasteiger partial charge on any atom is 0.347 e. The van der Waals surface area contributed by atoms with Crippen LogP contribution in [-0.4, -0.2) is 81.9 Å². The second-order valence-electron chi connectivity index (χ2n) is 15.7. The predicted molar refractivity (Wildman–Crippen MR) is 211 cm³/mol. The van der Waals surface area contributed by atoms with E-state index in [1.54, 1.807) is 49.0 Å². The maximum absolute atomic E-state index is 14.0. The van der Waals surface area contributed by atoms with Gasteiger partial charge in [-0.1, -0.05) is 80.1 Å². The molecule has 7 atom stereocenters. The lowest BCUT2D eigenvalue weighted by atomic mass is 9.93. The highest BCUT2D eigenvalue weighted by Gasteiger charge is 2.47. The van der Waals surface area contributed by atoms with Crippen molar-refractivity contribution in [3.8, 4) is 5.75 Å². The van der Waals surface area contributed by atoms with Gasteiger partial charge in [-0.05, 0) is 68.4 Å². The molecule has 1 fully saturated rings. The van der Waals surface area contributed by atoms with Crippen LogP contribution in [0.25, 0.3) is 0 Å². The summed E-state index contributed by atoms with van der Waals surface area (Å²) in [6.45, 7) is 9.19. The van der Waals surface area contributed by atoms with Gasteiger partial charge < -0.3 is 34.7 Å². The Labute approximate surface area is 338 Å². The number of hydrogen-bond donors (Lipinski definition) is 3. The molecule has 0 saturated carbocycles. The zero-order valence-electron chi connectivity index (χ0n) is 33.4. The molecule has 3 aromatic rings. The summed E-state index contributed by atoms with van der Waals surface area (Å²) in [6.07, 6.45) is 3.32. The highest BCUT2D eigenvalue weighted by Crippen LogP contribution is 2.45. The number of carbonyl (C=O) groups is 4. The molecule has 0 bridgehead atoms. The summed E-state index contributed by atoms with van der Waals surface area (Å²) in [5.41, 5.74) is 0.890. The van der Waals surface area contributed by atoms with Gasteiger partial charge in [0.1, 0.15) is 35.3 Å². The fraction of sp³-hybridized carbons (Fsp3) is 0.524. The minimum Gasteiger partial charge on any atom is -0.495 e. The molecule has 1 saturated heterocycles. The summed E-state index contributed by atoms with van der Waals surface area (Å²) in [4.78, 5) is 55.2. The minimum atomic E-state index is -1.21. The average Bonchev–Trinajstić information content (AvgIpc) is 3.82. The molecule has 3 N–H and O–H groups in total. The zero-order chi connectivity index (χ0) is 41.3. The van der Waals surface area contributed by atoms with Crippen molar-refractivity contribution >= 4 is 35.4 Å². The van der Waals surface area contributed by atoms with Crippen molar-refractivity contribution in [1.29, 1.82) is 0 Å². The number of aliphatic hydroxyl groups is 1. The van der Waals surface area contributed by atoms with Crippen molar-refractivity contribution in [3.63, 3.8) is 0 Å². The van der Waals surface area contributed by atoms with Crippen molar-refractivity contribution in [2.75, 3.05) is 13.7 Å². The van der Waals surface area contributed by atoms with Crippen molar-refractivity contribution in [3.05, 3.63) is 88.7 Å². The van der Waals surface area contributed by atoms with Gasteiger partial charge in [0.25, 0.3) is 0 Å². The summed E-state index contributed by atoms with van der Waals surface area (Å²) >= 11 is 6.39. The lowest BCUT2D eigenvalue weighted by Crippen LogP contribution is -2.49. The Morgan fingerprint density at radius 2 is 1.81 bits per heavy atom. The van der Waals surface area contributed by atoms with E-state index in [4.69, 9.17) is 30.5 Å². The van der Waals surface area contributed by atoms with E-state index < -0.39 is 53.5 Å². The van der Waals surface area contributed by atoms with Crippen LogP contribution in [0.5, 0.6) is 5.75 Å². The molecular weight excluding hydrogens is 754 g/mol. The third-order valence-electron chi connectivity index (χ3n) is 10.1. The van der Waals surface area contributed by atoms with Gasteiger partial charge in [0.05, 0.1) is 30.4 Å². The van der Waals surface area contributed by atoms with Crippen LogP contribution in [0, 0.1) is 17.8 Å². The number of nitrogens with zero attached hydrogens (tertiary/aromatic N) is 3. The summed E-state index contributed by atoms with van der Waals surface area (Å²) in [7, 11) is 1.50. The van der Waals surface area contributed by atoms with Gasteiger partial charge in [-0.25, -0.2) is 4.79 Å². The Kier molecular flexibility index (Phi) is 14.9. The molecule has 14 nitrogen and oxygen atoms in total. The number of carbonyl (C=O) groups excluding carboxylic acids is 4. The number of rotatable bonds is 13. The molecule has 57 heavy (non-hydrogen) atoms. The van der Waals surface area contributed by atoms with E-state index in [0.717, 1.165) is 5.56 Å². The third kappa shape index (κ3) is 12.3.